The predicted octanol–water partition coefficient (Wildman–Crippen LogP) is 4.35. The van der Waals surface area contributed by atoms with E-state index in [0.29, 0.717) is 17.2 Å². The lowest BCUT2D eigenvalue weighted by molar-refractivity contribution is 0.0526. The fourth-order valence-electron chi connectivity index (χ4n) is 3.09. The second-order valence-electron chi connectivity index (χ2n) is 5.80. The van der Waals surface area contributed by atoms with Gasteiger partial charge in [0.05, 0.1) is 17.7 Å². The SMILES string of the molecule is CCOC(=O)c1ccc2c(c1)c1cn(C)nc1n2-c1ccc(Cl)cc1. The van der Waals surface area contributed by atoms with Gasteiger partial charge in [-0.3, -0.25) is 9.25 Å². The normalized spacial score (nSPS) is 11.3. The van der Waals surface area contributed by atoms with E-state index in [2.05, 4.69) is 9.67 Å². The van der Waals surface area contributed by atoms with Crippen molar-refractivity contribution >= 4 is 39.5 Å². The van der Waals surface area contributed by atoms with Gasteiger partial charge in [0.1, 0.15) is 0 Å². The average molecular weight is 354 g/mol. The maximum atomic E-state index is 12.1. The van der Waals surface area contributed by atoms with Crippen molar-refractivity contribution in [2.24, 2.45) is 7.05 Å². The molecule has 0 fully saturated rings. The Morgan fingerprint density at radius 2 is 1.92 bits per heavy atom. The summed E-state index contributed by atoms with van der Waals surface area (Å²) in [5, 5.41) is 7.22. The van der Waals surface area contributed by atoms with Crippen LogP contribution in [0.3, 0.4) is 0 Å². The molecule has 0 unspecified atom stereocenters. The number of hydrogen-bond acceptors (Lipinski definition) is 3. The van der Waals surface area contributed by atoms with Crippen LogP contribution >= 0.6 is 11.6 Å². The smallest absolute Gasteiger partial charge is 0.338 e. The van der Waals surface area contributed by atoms with Crippen molar-refractivity contribution in [3.63, 3.8) is 0 Å². The van der Waals surface area contributed by atoms with Gasteiger partial charge in [-0.1, -0.05) is 11.6 Å². The predicted molar refractivity (Wildman–Crippen MR) is 98.5 cm³/mol. The van der Waals surface area contributed by atoms with Crippen LogP contribution in [-0.4, -0.2) is 26.9 Å². The first kappa shape index (κ1) is 15.7. The third-order valence-electron chi connectivity index (χ3n) is 4.14. The monoisotopic (exact) mass is 353 g/mol. The molecule has 0 saturated heterocycles. The van der Waals surface area contributed by atoms with Gasteiger partial charge < -0.3 is 4.74 Å². The van der Waals surface area contributed by atoms with Gasteiger partial charge in [-0.25, -0.2) is 4.79 Å². The highest BCUT2D eigenvalue weighted by Crippen LogP contribution is 2.32. The van der Waals surface area contributed by atoms with Crippen LogP contribution < -0.4 is 0 Å². The lowest BCUT2D eigenvalue weighted by Crippen LogP contribution is -2.04. The van der Waals surface area contributed by atoms with Gasteiger partial charge in [0.15, 0.2) is 5.65 Å². The molecule has 0 N–H and O–H groups in total. The molecule has 0 spiro atoms. The third kappa shape index (κ3) is 2.57. The number of hydrogen-bond donors (Lipinski definition) is 0. The number of esters is 1. The number of fused-ring (bicyclic) bond motifs is 3. The Bertz CT molecular complexity index is 1090. The first-order valence-electron chi connectivity index (χ1n) is 7.99. The van der Waals surface area contributed by atoms with E-state index < -0.39 is 0 Å². The Balaban J connectivity index is 2.00. The Morgan fingerprint density at radius 1 is 1.16 bits per heavy atom. The van der Waals surface area contributed by atoms with E-state index in [9.17, 15) is 4.79 Å². The van der Waals surface area contributed by atoms with Crippen LogP contribution in [-0.2, 0) is 11.8 Å². The van der Waals surface area contributed by atoms with E-state index in [4.69, 9.17) is 16.3 Å². The van der Waals surface area contributed by atoms with E-state index in [0.717, 1.165) is 27.6 Å². The molecular weight excluding hydrogens is 338 g/mol. The van der Waals surface area contributed by atoms with Crippen LogP contribution in [0.5, 0.6) is 0 Å². The molecule has 25 heavy (non-hydrogen) atoms. The molecule has 2 aromatic carbocycles. The average Bonchev–Trinajstić information content (AvgIpc) is 3.10. The number of rotatable bonds is 3. The molecule has 4 aromatic rings. The van der Waals surface area contributed by atoms with Crippen molar-refractivity contribution in [2.45, 2.75) is 6.92 Å². The summed E-state index contributed by atoms with van der Waals surface area (Å²) in [6.45, 7) is 2.15. The summed E-state index contributed by atoms with van der Waals surface area (Å²) in [5.74, 6) is -0.319. The fourth-order valence-corrected chi connectivity index (χ4v) is 3.21. The van der Waals surface area contributed by atoms with Crippen LogP contribution in [0.15, 0.2) is 48.7 Å². The molecule has 0 aliphatic rings. The molecule has 4 rings (SSSR count). The molecule has 0 aliphatic heterocycles. The van der Waals surface area contributed by atoms with E-state index in [1.807, 2.05) is 49.6 Å². The first-order valence-corrected chi connectivity index (χ1v) is 8.37. The highest BCUT2D eigenvalue weighted by atomic mass is 35.5. The molecule has 0 aliphatic carbocycles. The van der Waals surface area contributed by atoms with Crippen molar-refractivity contribution in [1.29, 1.82) is 0 Å². The number of carbonyl (C=O) groups excluding carboxylic acids is 1. The van der Waals surface area contributed by atoms with Crippen molar-refractivity contribution < 1.29 is 9.53 Å². The minimum absolute atomic E-state index is 0.319. The Morgan fingerprint density at radius 3 is 2.64 bits per heavy atom. The zero-order valence-electron chi connectivity index (χ0n) is 13.9. The molecule has 0 bridgehead atoms. The number of halogens is 1. The molecule has 126 valence electrons. The quantitative estimate of drug-likeness (QED) is 0.514. The van der Waals surface area contributed by atoms with Gasteiger partial charge in [-0.2, -0.15) is 5.10 Å². The van der Waals surface area contributed by atoms with Crippen molar-refractivity contribution in [1.82, 2.24) is 14.3 Å². The molecule has 0 atom stereocenters. The second-order valence-corrected chi connectivity index (χ2v) is 6.24. The number of benzene rings is 2. The third-order valence-corrected chi connectivity index (χ3v) is 4.40. The Kier molecular flexibility index (Phi) is 3.73. The van der Waals surface area contributed by atoms with E-state index in [1.165, 1.54) is 0 Å². The van der Waals surface area contributed by atoms with Crippen LogP contribution in [0.25, 0.3) is 27.6 Å². The number of carbonyl (C=O) groups is 1. The number of ether oxygens (including phenoxy) is 1. The number of nitrogens with zero attached hydrogens (tertiary/aromatic N) is 3. The molecule has 2 heterocycles. The summed E-state index contributed by atoms with van der Waals surface area (Å²) < 4.78 is 8.95. The van der Waals surface area contributed by atoms with Crippen LogP contribution in [0, 0.1) is 0 Å². The van der Waals surface area contributed by atoms with Gasteiger partial charge in [0.25, 0.3) is 0 Å². The van der Waals surface area contributed by atoms with Crippen molar-refractivity contribution in [3.8, 4) is 5.69 Å². The minimum atomic E-state index is -0.319. The van der Waals surface area contributed by atoms with Gasteiger partial charge >= 0.3 is 5.97 Å². The number of aromatic nitrogens is 3. The summed E-state index contributed by atoms with van der Waals surface area (Å²) in [4.78, 5) is 12.1. The summed E-state index contributed by atoms with van der Waals surface area (Å²) >= 11 is 6.02. The maximum Gasteiger partial charge on any atom is 0.338 e. The highest BCUT2D eigenvalue weighted by molar-refractivity contribution is 6.30. The van der Waals surface area contributed by atoms with Crippen molar-refractivity contribution in [2.75, 3.05) is 6.61 Å². The van der Waals surface area contributed by atoms with E-state index in [-0.39, 0.29) is 5.97 Å². The maximum absolute atomic E-state index is 12.1. The molecule has 0 saturated carbocycles. The number of aryl methyl sites for hydroxylation is 1. The Hall–Kier alpha value is -2.79. The van der Waals surface area contributed by atoms with E-state index in [1.54, 1.807) is 17.7 Å². The molecule has 2 aromatic heterocycles. The standard InChI is InChI=1S/C19H16ClN3O2/c1-3-25-19(24)12-4-9-17-15(10-12)16-11-22(2)21-18(16)23(17)14-7-5-13(20)6-8-14/h4-11H,3H2,1-2H3. The van der Waals surface area contributed by atoms with Gasteiger partial charge in [0, 0.05) is 34.7 Å². The zero-order valence-corrected chi connectivity index (χ0v) is 14.6. The Labute approximate surface area is 149 Å². The van der Waals surface area contributed by atoms with Gasteiger partial charge in [-0.15, -0.1) is 0 Å². The molecular formula is C19H16ClN3O2. The minimum Gasteiger partial charge on any atom is -0.462 e. The van der Waals surface area contributed by atoms with Crippen LogP contribution in [0.4, 0.5) is 0 Å². The topological polar surface area (TPSA) is 49.1 Å². The molecule has 0 radical (unpaired) electrons. The van der Waals surface area contributed by atoms with E-state index >= 15 is 0 Å². The summed E-state index contributed by atoms with van der Waals surface area (Å²) in [5.41, 5.74) is 3.31. The summed E-state index contributed by atoms with van der Waals surface area (Å²) in [6, 6.07) is 13.2. The highest BCUT2D eigenvalue weighted by Gasteiger charge is 2.17. The second kappa shape index (κ2) is 5.93. The first-order chi connectivity index (χ1) is 12.1. The lowest BCUT2D eigenvalue weighted by atomic mass is 10.1. The van der Waals surface area contributed by atoms with Gasteiger partial charge in [-0.05, 0) is 49.4 Å². The molecule has 6 heteroatoms. The van der Waals surface area contributed by atoms with Crippen molar-refractivity contribution in [3.05, 3.63) is 59.2 Å². The summed E-state index contributed by atoms with van der Waals surface area (Å²) in [7, 11) is 1.88. The van der Waals surface area contributed by atoms with Gasteiger partial charge in [0.2, 0.25) is 0 Å². The fraction of sp³-hybridized carbons (Fsp3) is 0.158. The summed E-state index contributed by atoms with van der Waals surface area (Å²) in [6.07, 6.45) is 1.96. The van der Waals surface area contributed by atoms with Crippen LogP contribution in [0.2, 0.25) is 5.02 Å². The molecule has 5 nitrogen and oxygen atoms in total. The van der Waals surface area contributed by atoms with Crippen LogP contribution in [0.1, 0.15) is 17.3 Å². The zero-order chi connectivity index (χ0) is 17.6. The largest absolute Gasteiger partial charge is 0.462 e. The molecule has 0 amide bonds. The lowest BCUT2D eigenvalue weighted by Gasteiger charge is -2.07.